The fourth-order valence-electron chi connectivity index (χ4n) is 3.13. The van der Waals surface area contributed by atoms with Crippen LogP contribution in [0.4, 0.5) is 0 Å². The van der Waals surface area contributed by atoms with Crippen molar-refractivity contribution in [3.8, 4) is 0 Å². The zero-order valence-electron chi connectivity index (χ0n) is 11.4. The summed E-state index contributed by atoms with van der Waals surface area (Å²) in [5.41, 5.74) is 2.84. The Morgan fingerprint density at radius 3 is 2.56 bits per heavy atom. The molecule has 1 saturated heterocycles. The van der Waals surface area contributed by atoms with E-state index in [1.165, 1.54) is 42.5 Å². The van der Waals surface area contributed by atoms with Gasteiger partial charge in [0.1, 0.15) is 0 Å². The molecule has 0 radical (unpaired) electrons. The van der Waals surface area contributed by atoms with Crippen molar-refractivity contribution in [3.05, 3.63) is 36.0 Å². The van der Waals surface area contributed by atoms with Gasteiger partial charge in [0, 0.05) is 23.8 Å². The standard InChI is InChI=1S/C16H22N2/c1-13(2)18-15(12-17-9-5-6-10-17)11-14-7-3-4-8-16(14)18/h3-4,7-8,11,13H,5-6,9-10,12H2,1-2H3. The van der Waals surface area contributed by atoms with Crippen molar-refractivity contribution in [1.82, 2.24) is 9.47 Å². The van der Waals surface area contributed by atoms with Crippen LogP contribution in [0.3, 0.4) is 0 Å². The molecule has 0 N–H and O–H groups in total. The summed E-state index contributed by atoms with van der Waals surface area (Å²) in [4.78, 5) is 2.58. The van der Waals surface area contributed by atoms with E-state index in [1.807, 2.05) is 0 Å². The first-order valence-corrected chi connectivity index (χ1v) is 7.07. The van der Waals surface area contributed by atoms with Crippen molar-refractivity contribution < 1.29 is 0 Å². The Bertz CT molecular complexity index is 533. The predicted octanol–water partition coefficient (Wildman–Crippen LogP) is 3.82. The Kier molecular flexibility index (Phi) is 3.13. The number of benzene rings is 1. The third-order valence-electron chi connectivity index (χ3n) is 3.93. The van der Waals surface area contributed by atoms with E-state index in [-0.39, 0.29) is 0 Å². The number of hydrogen-bond donors (Lipinski definition) is 0. The van der Waals surface area contributed by atoms with Crippen LogP contribution < -0.4 is 0 Å². The molecular formula is C16H22N2. The molecule has 0 atom stereocenters. The van der Waals surface area contributed by atoms with Gasteiger partial charge < -0.3 is 4.57 Å². The normalized spacial score (nSPS) is 17.1. The van der Waals surface area contributed by atoms with Crippen LogP contribution in [0.15, 0.2) is 30.3 Å². The van der Waals surface area contributed by atoms with Gasteiger partial charge in [-0.15, -0.1) is 0 Å². The number of para-hydroxylation sites is 1. The van der Waals surface area contributed by atoms with Crippen LogP contribution in [0.2, 0.25) is 0 Å². The molecule has 2 nitrogen and oxygen atoms in total. The molecule has 18 heavy (non-hydrogen) atoms. The molecule has 3 rings (SSSR count). The maximum Gasteiger partial charge on any atom is 0.0485 e. The highest BCUT2D eigenvalue weighted by Crippen LogP contribution is 2.25. The van der Waals surface area contributed by atoms with E-state index in [4.69, 9.17) is 0 Å². The molecule has 1 aromatic heterocycles. The number of fused-ring (bicyclic) bond motifs is 1. The molecule has 0 bridgehead atoms. The quantitative estimate of drug-likeness (QED) is 0.794. The second-order valence-corrected chi connectivity index (χ2v) is 5.64. The number of aromatic nitrogens is 1. The maximum atomic E-state index is 2.58. The minimum Gasteiger partial charge on any atom is -0.341 e. The minimum atomic E-state index is 0.530. The molecule has 1 fully saturated rings. The molecule has 0 amide bonds. The van der Waals surface area contributed by atoms with E-state index in [1.54, 1.807) is 0 Å². The fourth-order valence-corrected chi connectivity index (χ4v) is 3.13. The maximum absolute atomic E-state index is 2.58. The van der Waals surface area contributed by atoms with Gasteiger partial charge in [0.2, 0.25) is 0 Å². The lowest BCUT2D eigenvalue weighted by atomic mass is 10.2. The van der Waals surface area contributed by atoms with E-state index in [0.717, 1.165) is 6.54 Å². The van der Waals surface area contributed by atoms with Gasteiger partial charge >= 0.3 is 0 Å². The van der Waals surface area contributed by atoms with Crippen molar-refractivity contribution in [2.75, 3.05) is 13.1 Å². The lowest BCUT2D eigenvalue weighted by Crippen LogP contribution is -2.21. The molecule has 2 aromatic rings. The van der Waals surface area contributed by atoms with Gasteiger partial charge in [-0.25, -0.2) is 0 Å². The monoisotopic (exact) mass is 242 g/mol. The van der Waals surface area contributed by atoms with Crippen LogP contribution in [0, 0.1) is 0 Å². The molecule has 0 aliphatic carbocycles. The van der Waals surface area contributed by atoms with Crippen molar-refractivity contribution in [2.45, 2.75) is 39.3 Å². The van der Waals surface area contributed by atoms with Gasteiger partial charge in [-0.3, -0.25) is 4.90 Å². The van der Waals surface area contributed by atoms with Gasteiger partial charge in [0.25, 0.3) is 0 Å². The highest BCUT2D eigenvalue weighted by molar-refractivity contribution is 5.81. The van der Waals surface area contributed by atoms with Crippen LogP contribution in [0.25, 0.3) is 10.9 Å². The third kappa shape index (κ3) is 2.05. The van der Waals surface area contributed by atoms with Gasteiger partial charge in [-0.05, 0) is 57.3 Å². The number of likely N-dealkylation sites (tertiary alicyclic amines) is 1. The summed E-state index contributed by atoms with van der Waals surface area (Å²) >= 11 is 0. The van der Waals surface area contributed by atoms with E-state index < -0.39 is 0 Å². The van der Waals surface area contributed by atoms with Crippen LogP contribution >= 0.6 is 0 Å². The average Bonchev–Trinajstić information content (AvgIpc) is 2.95. The molecule has 1 aliphatic heterocycles. The zero-order valence-corrected chi connectivity index (χ0v) is 11.4. The lowest BCUT2D eigenvalue weighted by molar-refractivity contribution is 0.319. The topological polar surface area (TPSA) is 8.17 Å². The first-order chi connectivity index (χ1) is 8.75. The third-order valence-corrected chi connectivity index (χ3v) is 3.93. The summed E-state index contributed by atoms with van der Waals surface area (Å²) in [6, 6.07) is 11.6. The van der Waals surface area contributed by atoms with Crippen LogP contribution in [-0.2, 0) is 6.54 Å². The predicted molar refractivity (Wildman–Crippen MR) is 76.8 cm³/mol. The Labute approximate surface area is 109 Å². The summed E-state index contributed by atoms with van der Waals surface area (Å²) in [5.74, 6) is 0. The molecule has 0 spiro atoms. The van der Waals surface area contributed by atoms with Gasteiger partial charge in [0.15, 0.2) is 0 Å². The SMILES string of the molecule is CC(C)n1c(CN2CCCC2)cc2ccccc21. The van der Waals surface area contributed by atoms with Crippen LogP contribution in [0.1, 0.15) is 38.4 Å². The second-order valence-electron chi connectivity index (χ2n) is 5.64. The van der Waals surface area contributed by atoms with Crippen LogP contribution in [0.5, 0.6) is 0 Å². The number of rotatable bonds is 3. The smallest absolute Gasteiger partial charge is 0.0485 e. The van der Waals surface area contributed by atoms with Crippen molar-refractivity contribution in [3.63, 3.8) is 0 Å². The van der Waals surface area contributed by atoms with Crippen molar-refractivity contribution in [1.29, 1.82) is 0 Å². The van der Waals surface area contributed by atoms with E-state index >= 15 is 0 Å². The Morgan fingerprint density at radius 2 is 1.83 bits per heavy atom. The largest absolute Gasteiger partial charge is 0.341 e. The summed E-state index contributed by atoms with van der Waals surface area (Å²) in [6.45, 7) is 8.19. The zero-order chi connectivity index (χ0) is 12.5. The Hall–Kier alpha value is -1.28. The molecule has 0 saturated carbocycles. The highest BCUT2D eigenvalue weighted by Gasteiger charge is 2.16. The lowest BCUT2D eigenvalue weighted by Gasteiger charge is -2.19. The van der Waals surface area contributed by atoms with Crippen LogP contribution in [-0.4, -0.2) is 22.6 Å². The van der Waals surface area contributed by atoms with E-state index in [2.05, 4.69) is 53.6 Å². The first kappa shape index (κ1) is 11.8. The Morgan fingerprint density at radius 1 is 1.11 bits per heavy atom. The number of hydrogen-bond acceptors (Lipinski definition) is 1. The second kappa shape index (κ2) is 4.77. The summed E-state index contributed by atoms with van der Waals surface area (Å²) in [5, 5.41) is 1.38. The molecule has 2 heteroatoms. The Balaban J connectivity index is 2.01. The fraction of sp³-hybridized carbons (Fsp3) is 0.500. The van der Waals surface area contributed by atoms with Gasteiger partial charge in [-0.1, -0.05) is 18.2 Å². The minimum absolute atomic E-state index is 0.530. The van der Waals surface area contributed by atoms with Crippen molar-refractivity contribution in [2.24, 2.45) is 0 Å². The summed E-state index contributed by atoms with van der Waals surface area (Å²) < 4.78 is 2.49. The van der Waals surface area contributed by atoms with Gasteiger partial charge in [0.05, 0.1) is 0 Å². The molecule has 96 valence electrons. The molecular weight excluding hydrogens is 220 g/mol. The van der Waals surface area contributed by atoms with E-state index in [0.29, 0.717) is 6.04 Å². The van der Waals surface area contributed by atoms with E-state index in [9.17, 15) is 0 Å². The summed E-state index contributed by atoms with van der Waals surface area (Å²) in [7, 11) is 0. The van der Waals surface area contributed by atoms with Gasteiger partial charge in [-0.2, -0.15) is 0 Å². The summed E-state index contributed by atoms with van der Waals surface area (Å²) in [6.07, 6.45) is 2.73. The molecule has 2 heterocycles. The number of nitrogens with zero attached hydrogens (tertiary/aromatic N) is 2. The molecule has 1 aliphatic rings. The molecule has 1 aromatic carbocycles. The average molecular weight is 242 g/mol. The highest BCUT2D eigenvalue weighted by atomic mass is 15.2. The van der Waals surface area contributed by atoms with Crippen molar-refractivity contribution >= 4 is 10.9 Å². The first-order valence-electron chi connectivity index (χ1n) is 7.07. The molecule has 0 unspecified atom stereocenters.